The van der Waals surface area contributed by atoms with E-state index >= 15 is 0 Å². The maximum atomic E-state index is 13.5. The lowest BCUT2D eigenvalue weighted by Crippen LogP contribution is -2.16. The molecule has 3 aromatic rings. The molecule has 29 heavy (non-hydrogen) atoms. The highest BCUT2D eigenvalue weighted by Crippen LogP contribution is 2.37. The molecule has 0 aliphatic rings. The van der Waals surface area contributed by atoms with E-state index in [1.54, 1.807) is 25.3 Å². The number of anilines is 1. The van der Waals surface area contributed by atoms with Crippen molar-refractivity contribution in [2.45, 2.75) is 32.0 Å². The molecule has 154 valence electrons. The number of aliphatic hydroxyl groups excluding tert-OH is 1. The number of halogens is 5. The number of hydrogen-bond donors (Lipinski definition) is 2. The predicted molar refractivity (Wildman–Crippen MR) is 109 cm³/mol. The summed E-state index contributed by atoms with van der Waals surface area (Å²) in [5, 5.41) is 12.8. The number of aliphatic hydroxyl groups is 1. The number of rotatable bonds is 6. The molecule has 0 aliphatic heterocycles. The van der Waals surface area contributed by atoms with Gasteiger partial charge >= 0.3 is 6.18 Å². The van der Waals surface area contributed by atoms with E-state index in [9.17, 15) is 13.2 Å². The Hall–Kier alpha value is -1.97. The van der Waals surface area contributed by atoms with Crippen LogP contribution in [0.2, 0.25) is 5.28 Å². The van der Waals surface area contributed by atoms with Crippen molar-refractivity contribution in [2.75, 3.05) is 11.9 Å². The fraction of sp³-hybridized carbons (Fsp3) is 0.316. The molecule has 0 radical (unpaired) electrons. The molecular formula is C19H17BrClF3N4O. The van der Waals surface area contributed by atoms with Gasteiger partial charge in [-0.2, -0.15) is 18.2 Å². The van der Waals surface area contributed by atoms with Gasteiger partial charge in [0.15, 0.2) is 5.65 Å². The molecule has 2 aromatic heterocycles. The van der Waals surface area contributed by atoms with Crippen LogP contribution in [-0.2, 0) is 12.6 Å². The molecule has 5 nitrogen and oxygen atoms in total. The Bertz CT molecular complexity index is 1030. The zero-order chi connectivity index (χ0) is 21.2. The summed E-state index contributed by atoms with van der Waals surface area (Å²) in [5.74, 6) is 0.367. The Morgan fingerprint density at radius 3 is 2.72 bits per heavy atom. The van der Waals surface area contributed by atoms with Crippen LogP contribution >= 0.6 is 27.5 Å². The predicted octanol–water partition coefficient (Wildman–Crippen LogP) is 5.56. The fourth-order valence-electron chi connectivity index (χ4n) is 3.16. The van der Waals surface area contributed by atoms with Gasteiger partial charge in [0.1, 0.15) is 5.82 Å². The van der Waals surface area contributed by atoms with Gasteiger partial charge in [0, 0.05) is 17.3 Å². The normalized spacial score (nSPS) is 12.9. The largest absolute Gasteiger partial charge is 0.416 e. The highest BCUT2D eigenvalue weighted by atomic mass is 79.9. The topological polar surface area (TPSA) is 70.9 Å². The number of benzene rings is 1. The molecule has 0 fully saturated rings. The molecule has 1 aromatic carbocycles. The molecule has 0 bridgehead atoms. The third-order valence-corrected chi connectivity index (χ3v) is 5.02. The van der Waals surface area contributed by atoms with Crippen LogP contribution in [0.1, 0.15) is 36.1 Å². The lowest BCUT2D eigenvalue weighted by atomic mass is 9.92. The van der Waals surface area contributed by atoms with Crippen molar-refractivity contribution < 1.29 is 18.3 Å². The molecule has 0 spiro atoms. The van der Waals surface area contributed by atoms with Gasteiger partial charge in [-0.25, -0.2) is 9.97 Å². The van der Waals surface area contributed by atoms with E-state index in [0.29, 0.717) is 26.9 Å². The quantitative estimate of drug-likeness (QED) is 0.444. The molecule has 2 heterocycles. The molecular weight excluding hydrogens is 473 g/mol. The molecule has 0 aliphatic carbocycles. The van der Waals surface area contributed by atoms with E-state index in [-0.39, 0.29) is 30.3 Å². The van der Waals surface area contributed by atoms with Crippen LogP contribution in [0.5, 0.6) is 0 Å². The zero-order valence-corrected chi connectivity index (χ0v) is 17.6. The van der Waals surface area contributed by atoms with Crippen LogP contribution in [0.25, 0.3) is 11.0 Å². The first-order valence-electron chi connectivity index (χ1n) is 8.76. The average Bonchev–Trinajstić information content (AvgIpc) is 2.65. The summed E-state index contributed by atoms with van der Waals surface area (Å²) < 4.78 is 41.3. The Labute approximate surface area is 178 Å². The Balaban J connectivity index is 2.05. The van der Waals surface area contributed by atoms with Crippen LogP contribution in [0.4, 0.5) is 19.0 Å². The maximum Gasteiger partial charge on any atom is 0.416 e. The molecule has 0 saturated carbocycles. The molecule has 0 saturated heterocycles. The number of fused-ring (bicyclic) bond motifs is 1. The highest BCUT2D eigenvalue weighted by molar-refractivity contribution is 9.10. The number of pyridine rings is 1. The molecule has 0 amide bonds. The van der Waals surface area contributed by atoms with Crippen LogP contribution in [-0.4, -0.2) is 26.7 Å². The molecule has 3 rings (SSSR count). The summed E-state index contributed by atoms with van der Waals surface area (Å²) in [6.07, 6.45) is -2.59. The van der Waals surface area contributed by atoms with Gasteiger partial charge in [-0.3, -0.25) is 0 Å². The van der Waals surface area contributed by atoms with Crippen LogP contribution in [0.3, 0.4) is 0 Å². The van der Waals surface area contributed by atoms with E-state index in [4.69, 9.17) is 16.7 Å². The first kappa shape index (κ1) is 21.7. The van der Waals surface area contributed by atoms with Crippen molar-refractivity contribution in [1.29, 1.82) is 0 Å². The number of alkyl halides is 3. The molecule has 2 N–H and O–H groups in total. The van der Waals surface area contributed by atoms with Crippen molar-refractivity contribution in [3.63, 3.8) is 0 Å². The molecule has 0 unspecified atom stereocenters. The van der Waals surface area contributed by atoms with Gasteiger partial charge in [0.25, 0.3) is 0 Å². The minimum atomic E-state index is -4.49. The lowest BCUT2D eigenvalue weighted by Gasteiger charge is -2.22. The summed E-state index contributed by atoms with van der Waals surface area (Å²) in [5.41, 5.74) is 0.288. The van der Waals surface area contributed by atoms with Crippen molar-refractivity contribution in [2.24, 2.45) is 0 Å². The first-order valence-corrected chi connectivity index (χ1v) is 9.93. The van der Waals surface area contributed by atoms with E-state index in [1.165, 1.54) is 6.07 Å². The summed E-state index contributed by atoms with van der Waals surface area (Å²) in [4.78, 5) is 12.4. The summed E-state index contributed by atoms with van der Waals surface area (Å²) >= 11 is 9.33. The number of nitrogens with one attached hydrogen (secondary N) is 1. The second kappa shape index (κ2) is 8.81. The zero-order valence-electron chi connectivity index (χ0n) is 15.3. The standard InChI is InChI=1S/C19H17BrClF3N4O/c1-10(12-4-2-6-15(19(22,23)24)13(12)5-3-7-29)26-17-14-8-11(20)9-25-16(14)27-18(21)28-17/h2,4,6,8-10,29H,3,5,7H2,1H3,(H,25,26,27,28)/t10-/m1/s1. The lowest BCUT2D eigenvalue weighted by molar-refractivity contribution is -0.138. The van der Waals surface area contributed by atoms with Crippen LogP contribution < -0.4 is 5.32 Å². The summed E-state index contributed by atoms with van der Waals surface area (Å²) in [6.45, 7) is 1.55. The highest BCUT2D eigenvalue weighted by Gasteiger charge is 2.34. The van der Waals surface area contributed by atoms with Crippen molar-refractivity contribution >= 4 is 44.4 Å². The summed E-state index contributed by atoms with van der Waals surface area (Å²) in [6, 6.07) is 5.31. The average molecular weight is 490 g/mol. The number of hydrogen-bond acceptors (Lipinski definition) is 5. The van der Waals surface area contributed by atoms with E-state index in [2.05, 4.69) is 36.2 Å². The minimum Gasteiger partial charge on any atom is -0.396 e. The van der Waals surface area contributed by atoms with E-state index in [1.807, 2.05) is 0 Å². The van der Waals surface area contributed by atoms with Crippen molar-refractivity contribution in [1.82, 2.24) is 15.0 Å². The SMILES string of the molecule is C[C@@H](Nc1nc(Cl)nc2ncc(Br)cc12)c1cccc(C(F)(F)F)c1CCCO. The minimum absolute atomic E-state index is 0.0217. The number of aromatic nitrogens is 3. The smallest absolute Gasteiger partial charge is 0.396 e. The van der Waals surface area contributed by atoms with Crippen molar-refractivity contribution in [3.05, 3.63) is 56.9 Å². The van der Waals surface area contributed by atoms with Gasteiger partial charge in [0.2, 0.25) is 5.28 Å². The van der Waals surface area contributed by atoms with Gasteiger partial charge in [-0.05, 0) is 70.6 Å². The van der Waals surface area contributed by atoms with Gasteiger partial charge < -0.3 is 10.4 Å². The van der Waals surface area contributed by atoms with E-state index < -0.39 is 17.8 Å². The van der Waals surface area contributed by atoms with Gasteiger partial charge in [0.05, 0.1) is 17.0 Å². The maximum absolute atomic E-state index is 13.5. The number of nitrogens with zero attached hydrogens (tertiary/aromatic N) is 3. The second-order valence-corrected chi connectivity index (χ2v) is 7.68. The summed E-state index contributed by atoms with van der Waals surface area (Å²) in [7, 11) is 0. The fourth-order valence-corrected chi connectivity index (χ4v) is 3.66. The third kappa shape index (κ3) is 4.96. The Morgan fingerprint density at radius 2 is 2.03 bits per heavy atom. The first-order chi connectivity index (χ1) is 13.7. The van der Waals surface area contributed by atoms with Crippen LogP contribution in [0.15, 0.2) is 34.9 Å². The third-order valence-electron chi connectivity index (χ3n) is 4.41. The molecule has 10 heteroatoms. The Morgan fingerprint density at radius 1 is 1.28 bits per heavy atom. The van der Waals surface area contributed by atoms with E-state index in [0.717, 1.165) is 6.07 Å². The second-order valence-electron chi connectivity index (χ2n) is 6.43. The van der Waals surface area contributed by atoms with Gasteiger partial charge in [-0.15, -0.1) is 0 Å². The van der Waals surface area contributed by atoms with Gasteiger partial charge in [-0.1, -0.05) is 12.1 Å². The monoisotopic (exact) mass is 488 g/mol. The molecule has 1 atom stereocenters. The van der Waals surface area contributed by atoms with Crippen molar-refractivity contribution in [3.8, 4) is 0 Å². The van der Waals surface area contributed by atoms with Crippen LogP contribution in [0, 0.1) is 0 Å². The Kier molecular flexibility index (Phi) is 6.60.